The number of anilines is 1. The van der Waals surface area contributed by atoms with E-state index >= 15 is 0 Å². The number of ether oxygens (including phenoxy) is 1. The number of nitrogens with two attached hydrogens (primary N) is 1. The first-order valence-electron chi connectivity index (χ1n) is 5.63. The largest absolute Gasteiger partial charge is 0.491 e. The van der Waals surface area contributed by atoms with Crippen LogP contribution in [0.15, 0.2) is 24.3 Å². The molecular weight excluding hydrogens is 230 g/mol. The van der Waals surface area contributed by atoms with E-state index in [9.17, 15) is 4.79 Å². The van der Waals surface area contributed by atoms with Crippen LogP contribution in [0, 0.1) is 5.41 Å². The van der Waals surface area contributed by atoms with Crippen LogP contribution in [0.3, 0.4) is 0 Å². The first-order valence-corrected chi connectivity index (χ1v) is 5.63. The van der Waals surface area contributed by atoms with Gasteiger partial charge in [-0.2, -0.15) is 0 Å². The molecule has 18 heavy (non-hydrogen) atoms. The molecule has 3 N–H and O–H groups in total. The molecular formula is C13H15N3O2. The molecule has 0 saturated carbocycles. The number of carbonyl (C=O) groups is 1. The lowest BCUT2D eigenvalue weighted by Gasteiger charge is -2.17. The van der Waals surface area contributed by atoms with Gasteiger partial charge in [0.05, 0.1) is 18.7 Å². The molecule has 0 bridgehead atoms. The van der Waals surface area contributed by atoms with Crippen molar-refractivity contribution in [3.05, 3.63) is 29.8 Å². The first-order chi connectivity index (χ1) is 8.63. The lowest BCUT2D eigenvalue weighted by Crippen LogP contribution is -2.25. The second-order valence-electron chi connectivity index (χ2n) is 4.02. The van der Waals surface area contributed by atoms with Gasteiger partial charge in [0.25, 0.3) is 0 Å². The normalized spacial score (nSPS) is 15.7. The SMILES string of the molecule is CN1C(=O)CCOc2ccc(C(N)=CC=N)cc21. The fourth-order valence-electron chi connectivity index (χ4n) is 1.82. The van der Waals surface area contributed by atoms with Gasteiger partial charge in [-0.1, -0.05) is 0 Å². The standard InChI is InChI=1S/C13H15N3O2/c1-16-11-8-9(10(15)4-6-14)2-3-12(11)18-7-5-13(16)17/h2-4,6,8,14H,5,7,15H2,1H3. The molecule has 94 valence electrons. The Morgan fingerprint density at radius 3 is 3.06 bits per heavy atom. The van der Waals surface area contributed by atoms with Crippen molar-refractivity contribution >= 4 is 23.5 Å². The Balaban J connectivity index is 2.47. The molecule has 5 heteroatoms. The molecule has 0 aromatic heterocycles. The highest BCUT2D eigenvalue weighted by Gasteiger charge is 2.20. The van der Waals surface area contributed by atoms with Crippen LogP contribution in [-0.2, 0) is 4.79 Å². The van der Waals surface area contributed by atoms with Crippen LogP contribution in [0.1, 0.15) is 12.0 Å². The van der Waals surface area contributed by atoms with Gasteiger partial charge in [0.2, 0.25) is 5.91 Å². The summed E-state index contributed by atoms with van der Waals surface area (Å²) >= 11 is 0. The summed E-state index contributed by atoms with van der Waals surface area (Å²) in [5.74, 6) is 0.690. The predicted octanol–water partition coefficient (Wildman–Crippen LogP) is 1.38. The van der Waals surface area contributed by atoms with Crippen LogP contribution in [-0.4, -0.2) is 25.8 Å². The summed E-state index contributed by atoms with van der Waals surface area (Å²) in [6, 6.07) is 5.41. The van der Waals surface area contributed by atoms with Gasteiger partial charge in [-0.3, -0.25) is 4.79 Å². The summed E-state index contributed by atoms with van der Waals surface area (Å²) in [6.07, 6.45) is 3.00. The summed E-state index contributed by atoms with van der Waals surface area (Å²) in [6.45, 7) is 0.390. The van der Waals surface area contributed by atoms with Crippen LogP contribution >= 0.6 is 0 Å². The molecule has 1 heterocycles. The third-order valence-corrected chi connectivity index (χ3v) is 2.86. The Morgan fingerprint density at radius 2 is 2.33 bits per heavy atom. The molecule has 1 aliphatic heterocycles. The Labute approximate surface area is 105 Å². The van der Waals surface area contributed by atoms with Gasteiger partial charge in [0, 0.05) is 19.0 Å². The van der Waals surface area contributed by atoms with Gasteiger partial charge >= 0.3 is 0 Å². The number of hydrogen-bond acceptors (Lipinski definition) is 4. The van der Waals surface area contributed by atoms with Crippen molar-refractivity contribution in [1.29, 1.82) is 5.41 Å². The molecule has 1 aromatic rings. The lowest BCUT2D eigenvalue weighted by molar-refractivity contribution is -0.118. The van der Waals surface area contributed by atoms with Gasteiger partial charge in [-0.25, -0.2) is 0 Å². The van der Waals surface area contributed by atoms with Crippen molar-refractivity contribution in [3.63, 3.8) is 0 Å². The van der Waals surface area contributed by atoms with Crippen molar-refractivity contribution in [2.45, 2.75) is 6.42 Å². The highest BCUT2D eigenvalue weighted by atomic mass is 16.5. The number of fused-ring (bicyclic) bond motifs is 1. The minimum absolute atomic E-state index is 0.0144. The molecule has 0 aliphatic carbocycles. The third-order valence-electron chi connectivity index (χ3n) is 2.86. The molecule has 0 fully saturated rings. The van der Waals surface area contributed by atoms with E-state index in [1.807, 2.05) is 6.07 Å². The second kappa shape index (κ2) is 4.91. The maximum absolute atomic E-state index is 11.7. The maximum Gasteiger partial charge on any atom is 0.230 e. The number of nitrogens with one attached hydrogen (secondary N) is 1. The predicted molar refractivity (Wildman–Crippen MR) is 70.9 cm³/mol. The molecule has 0 saturated heterocycles. The van der Waals surface area contributed by atoms with Gasteiger partial charge < -0.3 is 20.8 Å². The van der Waals surface area contributed by atoms with Crippen molar-refractivity contribution < 1.29 is 9.53 Å². The summed E-state index contributed by atoms with van der Waals surface area (Å²) < 4.78 is 5.52. The van der Waals surface area contributed by atoms with E-state index in [2.05, 4.69) is 0 Å². The first kappa shape index (κ1) is 12.2. The lowest BCUT2D eigenvalue weighted by atomic mass is 10.1. The highest BCUT2D eigenvalue weighted by Crippen LogP contribution is 2.32. The average molecular weight is 245 g/mol. The Kier molecular flexibility index (Phi) is 3.32. The van der Waals surface area contributed by atoms with Crippen molar-refractivity contribution in [3.8, 4) is 5.75 Å². The maximum atomic E-state index is 11.7. The van der Waals surface area contributed by atoms with E-state index in [0.717, 1.165) is 11.8 Å². The zero-order valence-electron chi connectivity index (χ0n) is 10.1. The molecule has 0 atom stereocenters. The molecule has 0 unspecified atom stereocenters. The zero-order chi connectivity index (χ0) is 13.1. The number of carbonyl (C=O) groups excluding carboxylic acids is 1. The van der Waals surface area contributed by atoms with E-state index in [0.29, 0.717) is 30.2 Å². The fourth-order valence-corrected chi connectivity index (χ4v) is 1.82. The van der Waals surface area contributed by atoms with Crippen LogP contribution < -0.4 is 15.4 Å². The van der Waals surface area contributed by atoms with E-state index in [4.69, 9.17) is 15.9 Å². The molecule has 1 amide bonds. The zero-order valence-corrected chi connectivity index (χ0v) is 10.1. The minimum atomic E-state index is 0.0144. The number of hydrogen-bond donors (Lipinski definition) is 2. The summed E-state index contributed by atoms with van der Waals surface area (Å²) in [5.41, 5.74) is 7.78. The molecule has 2 rings (SSSR count). The van der Waals surface area contributed by atoms with E-state index in [-0.39, 0.29) is 5.91 Å². The molecule has 0 spiro atoms. The van der Waals surface area contributed by atoms with Gasteiger partial charge in [0.15, 0.2) is 0 Å². The minimum Gasteiger partial charge on any atom is -0.491 e. The average Bonchev–Trinajstić information content (AvgIpc) is 2.50. The topological polar surface area (TPSA) is 79.4 Å². The second-order valence-corrected chi connectivity index (χ2v) is 4.02. The Hall–Kier alpha value is -2.30. The number of benzene rings is 1. The number of nitrogens with zero attached hydrogens (tertiary/aromatic N) is 1. The molecule has 1 aromatic carbocycles. The van der Waals surface area contributed by atoms with Crippen molar-refractivity contribution in [2.24, 2.45) is 5.73 Å². The monoisotopic (exact) mass is 245 g/mol. The quantitative estimate of drug-likeness (QED) is 0.772. The highest BCUT2D eigenvalue weighted by molar-refractivity contribution is 5.96. The third kappa shape index (κ3) is 2.20. The van der Waals surface area contributed by atoms with E-state index < -0.39 is 0 Å². The van der Waals surface area contributed by atoms with Crippen molar-refractivity contribution in [1.82, 2.24) is 0 Å². The van der Waals surface area contributed by atoms with Gasteiger partial charge in [-0.05, 0) is 29.8 Å². The molecule has 1 aliphatic rings. The number of rotatable bonds is 2. The summed E-state index contributed by atoms with van der Waals surface area (Å²) in [5, 5.41) is 7.01. The van der Waals surface area contributed by atoms with Crippen LogP contribution in [0.2, 0.25) is 0 Å². The van der Waals surface area contributed by atoms with Crippen molar-refractivity contribution in [2.75, 3.05) is 18.6 Å². The Bertz CT molecular complexity index is 523. The summed E-state index contributed by atoms with van der Waals surface area (Å²) in [4.78, 5) is 13.3. The van der Waals surface area contributed by atoms with Crippen LogP contribution in [0.25, 0.3) is 5.70 Å². The van der Waals surface area contributed by atoms with Gasteiger partial charge in [-0.15, -0.1) is 0 Å². The van der Waals surface area contributed by atoms with Crippen LogP contribution in [0.5, 0.6) is 5.75 Å². The van der Waals surface area contributed by atoms with Gasteiger partial charge in [0.1, 0.15) is 5.75 Å². The molecule has 0 radical (unpaired) electrons. The Morgan fingerprint density at radius 1 is 1.56 bits per heavy atom. The molecule has 5 nitrogen and oxygen atoms in total. The van der Waals surface area contributed by atoms with E-state index in [1.165, 1.54) is 6.08 Å². The fraction of sp³-hybridized carbons (Fsp3) is 0.231. The number of allylic oxidation sites excluding steroid dienone is 1. The van der Waals surface area contributed by atoms with E-state index in [1.54, 1.807) is 24.1 Å². The smallest absolute Gasteiger partial charge is 0.230 e. The van der Waals surface area contributed by atoms with Crippen LogP contribution in [0.4, 0.5) is 5.69 Å². The summed E-state index contributed by atoms with van der Waals surface area (Å²) in [7, 11) is 1.72. The number of amides is 1.